The quantitative estimate of drug-likeness (QED) is 0.353. The number of esters is 2. The Morgan fingerprint density at radius 2 is 1.73 bits per heavy atom. The Kier molecular flexibility index (Phi) is 7.27. The fourth-order valence-corrected chi connectivity index (χ4v) is 7.98. The molecule has 10 heteroatoms. The molecule has 4 aliphatic rings. The van der Waals surface area contributed by atoms with E-state index in [1.165, 1.54) is 13.8 Å². The molecule has 10 nitrogen and oxygen atoms in total. The largest absolute Gasteiger partial charge is 0.454 e. The van der Waals surface area contributed by atoms with Gasteiger partial charge in [0.25, 0.3) is 0 Å². The maximum atomic E-state index is 14.8. The van der Waals surface area contributed by atoms with Crippen molar-refractivity contribution in [3.05, 3.63) is 47.0 Å². The minimum absolute atomic E-state index is 0.0211. The molecular weight excluding hydrogens is 532 g/mol. The predicted molar refractivity (Wildman–Crippen MR) is 144 cm³/mol. The smallest absolute Gasteiger partial charge is 0.303 e. The minimum Gasteiger partial charge on any atom is -0.454 e. The molecule has 0 aromatic heterocycles. The zero-order valence-corrected chi connectivity index (χ0v) is 24.4. The number of rotatable bonds is 5. The van der Waals surface area contributed by atoms with E-state index in [0.29, 0.717) is 5.57 Å². The van der Waals surface area contributed by atoms with Gasteiger partial charge in [0.1, 0.15) is 11.7 Å². The second-order valence-electron chi connectivity index (χ2n) is 12.8. The van der Waals surface area contributed by atoms with Gasteiger partial charge in [-0.05, 0) is 30.6 Å². The zero-order chi connectivity index (χ0) is 30.1. The Bertz CT molecular complexity index is 1270. The summed E-state index contributed by atoms with van der Waals surface area (Å²) in [6.45, 7) is 9.06. The van der Waals surface area contributed by atoms with Gasteiger partial charge in [-0.3, -0.25) is 14.4 Å². The van der Waals surface area contributed by atoms with Gasteiger partial charge in [-0.2, -0.15) is 0 Å². The molecule has 1 saturated heterocycles. The SMILES string of the molecule is CC(=O)O[C@H]1C(=O)[C@@]2(C)C([C@H](OCc3ccccc3)[C@]3(O)C[C@H](O)C(C)=C1C3(C)C)[C@]1(OC(C)=O)CO[C@@H]1C[C@@H]2O. The molecule has 5 rings (SSSR count). The molecule has 1 unspecified atom stereocenters. The third kappa shape index (κ3) is 4.21. The number of benzene rings is 1. The van der Waals surface area contributed by atoms with Crippen molar-refractivity contribution in [2.45, 2.75) is 103 Å². The molecule has 9 atom stereocenters. The van der Waals surface area contributed by atoms with Crippen LogP contribution in [0.5, 0.6) is 0 Å². The van der Waals surface area contributed by atoms with Crippen LogP contribution in [0, 0.1) is 16.7 Å². The molecule has 1 aromatic rings. The Morgan fingerprint density at radius 3 is 2.29 bits per heavy atom. The molecule has 2 bridgehead atoms. The van der Waals surface area contributed by atoms with Gasteiger partial charge in [-0.15, -0.1) is 0 Å². The number of hydrogen-bond acceptors (Lipinski definition) is 10. The van der Waals surface area contributed by atoms with Crippen molar-refractivity contribution in [3.8, 4) is 0 Å². The van der Waals surface area contributed by atoms with Gasteiger partial charge >= 0.3 is 11.9 Å². The van der Waals surface area contributed by atoms with E-state index in [9.17, 15) is 29.7 Å². The molecule has 2 saturated carbocycles. The molecular formula is C31H40O10. The lowest BCUT2D eigenvalue weighted by Crippen LogP contribution is -2.81. The molecule has 1 heterocycles. The number of ketones is 1. The van der Waals surface area contributed by atoms with Crippen LogP contribution in [0.1, 0.15) is 59.9 Å². The first-order valence-electron chi connectivity index (χ1n) is 14.1. The average Bonchev–Trinajstić information content (AvgIpc) is 2.88. The maximum absolute atomic E-state index is 14.8. The first-order valence-corrected chi connectivity index (χ1v) is 14.1. The van der Waals surface area contributed by atoms with Gasteiger partial charge in [0.15, 0.2) is 17.5 Å². The van der Waals surface area contributed by atoms with Crippen LogP contribution in [-0.2, 0) is 39.9 Å². The van der Waals surface area contributed by atoms with E-state index in [-0.39, 0.29) is 31.6 Å². The Labute approximate surface area is 239 Å². The topological polar surface area (TPSA) is 149 Å². The normalized spacial score (nSPS) is 41.2. The maximum Gasteiger partial charge on any atom is 0.303 e. The Hall–Kier alpha value is -2.63. The summed E-state index contributed by atoms with van der Waals surface area (Å²) < 4.78 is 24.1. The summed E-state index contributed by atoms with van der Waals surface area (Å²) in [5, 5.41) is 35.9. The Balaban J connectivity index is 1.81. The number of aliphatic hydroxyl groups excluding tert-OH is 2. The lowest BCUT2D eigenvalue weighted by Gasteiger charge is -2.67. The number of ether oxygens (including phenoxy) is 4. The van der Waals surface area contributed by atoms with Crippen LogP contribution in [-0.4, -0.2) is 81.4 Å². The first kappa shape index (κ1) is 29.8. The van der Waals surface area contributed by atoms with E-state index in [1.54, 1.807) is 27.7 Å². The summed E-state index contributed by atoms with van der Waals surface area (Å²) in [7, 11) is 0. The number of fused-ring (bicyclic) bond motifs is 5. The number of Topliss-reactive ketones (excluding diaryl/α,β-unsaturated/α-hetero) is 1. The fraction of sp³-hybridized carbons (Fsp3) is 0.645. The highest BCUT2D eigenvalue weighted by molar-refractivity contribution is 5.95. The summed E-state index contributed by atoms with van der Waals surface area (Å²) in [4.78, 5) is 39.8. The van der Waals surface area contributed by atoms with Gasteiger partial charge in [0.05, 0.1) is 36.9 Å². The third-order valence-corrected chi connectivity index (χ3v) is 10.2. The number of carbonyl (C=O) groups is 3. The number of hydrogen-bond donors (Lipinski definition) is 3. The second-order valence-corrected chi connectivity index (χ2v) is 12.8. The summed E-state index contributed by atoms with van der Waals surface area (Å²) >= 11 is 0. The van der Waals surface area contributed by atoms with E-state index < -0.39 is 76.2 Å². The van der Waals surface area contributed by atoms with Crippen molar-refractivity contribution >= 4 is 17.7 Å². The molecule has 0 amide bonds. The van der Waals surface area contributed by atoms with Crippen LogP contribution in [0.15, 0.2) is 41.5 Å². The highest BCUT2D eigenvalue weighted by atomic mass is 16.6. The van der Waals surface area contributed by atoms with E-state index in [1.807, 2.05) is 30.3 Å². The van der Waals surface area contributed by atoms with Crippen molar-refractivity contribution in [3.63, 3.8) is 0 Å². The third-order valence-electron chi connectivity index (χ3n) is 10.2. The number of aliphatic hydroxyl groups is 3. The molecule has 3 N–H and O–H groups in total. The van der Waals surface area contributed by atoms with Gasteiger partial charge in [-0.25, -0.2) is 0 Å². The Morgan fingerprint density at radius 1 is 1.07 bits per heavy atom. The molecule has 3 aliphatic carbocycles. The standard InChI is InChI=1S/C31H40O10/c1-16-20(34)13-31(37)27(38-14-19-10-8-7-9-11-19)25-29(6,21(35)12-22-30(25,15-39-22)41-18(3)33)26(36)24(40-17(2)32)23(16)28(31,4)5/h7-11,20-22,24-25,27,34-35,37H,12-15H2,1-6H3/t20-,21-,22+,24+,25?,27-,29+,30-,31+/m0/s1. The van der Waals surface area contributed by atoms with Crippen LogP contribution in [0.25, 0.3) is 0 Å². The molecule has 41 heavy (non-hydrogen) atoms. The van der Waals surface area contributed by atoms with Crippen LogP contribution in [0.4, 0.5) is 0 Å². The summed E-state index contributed by atoms with van der Waals surface area (Å²) in [5.74, 6) is -3.09. The molecule has 0 spiro atoms. The fourth-order valence-electron chi connectivity index (χ4n) is 7.98. The highest BCUT2D eigenvalue weighted by Crippen LogP contribution is 2.64. The van der Waals surface area contributed by atoms with Crippen LogP contribution in [0.2, 0.25) is 0 Å². The van der Waals surface area contributed by atoms with Gasteiger partial charge in [0, 0.05) is 38.0 Å². The van der Waals surface area contributed by atoms with Crippen LogP contribution in [0.3, 0.4) is 0 Å². The lowest BCUT2D eigenvalue weighted by atomic mass is 9.44. The molecule has 1 aromatic carbocycles. The summed E-state index contributed by atoms with van der Waals surface area (Å²) in [6, 6.07) is 9.28. The van der Waals surface area contributed by atoms with E-state index in [0.717, 1.165) is 5.56 Å². The molecule has 224 valence electrons. The predicted octanol–water partition coefficient (Wildman–Crippen LogP) is 2.01. The zero-order valence-electron chi connectivity index (χ0n) is 24.4. The molecule has 3 fully saturated rings. The average molecular weight is 573 g/mol. The number of carbonyl (C=O) groups excluding carboxylic acids is 3. The summed E-state index contributed by atoms with van der Waals surface area (Å²) in [5.41, 5.74) is -4.80. The van der Waals surface area contributed by atoms with Gasteiger partial charge < -0.3 is 34.3 Å². The van der Waals surface area contributed by atoms with Crippen molar-refractivity contribution in [1.82, 2.24) is 0 Å². The second kappa shape index (κ2) is 9.98. The molecule has 1 aliphatic heterocycles. The highest BCUT2D eigenvalue weighted by Gasteiger charge is 2.77. The van der Waals surface area contributed by atoms with Crippen molar-refractivity contribution < 1.29 is 48.7 Å². The van der Waals surface area contributed by atoms with E-state index >= 15 is 0 Å². The minimum atomic E-state index is -1.87. The van der Waals surface area contributed by atoms with Crippen LogP contribution >= 0.6 is 0 Å². The first-order chi connectivity index (χ1) is 19.1. The summed E-state index contributed by atoms with van der Waals surface area (Å²) in [6.07, 6.45) is -6.19. The van der Waals surface area contributed by atoms with Crippen molar-refractivity contribution in [2.75, 3.05) is 6.61 Å². The van der Waals surface area contributed by atoms with Gasteiger partial charge in [-0.1, -0.05) is 44.2 Å². The van der Waals surface area contributed by atoms with Crippen LogP contribution < -0.4 is 0 Å². The van der Waals surface area contributed by atoms with E-state index in [4.69, 9.17) is 18.9 Å². The molecule has 0 radical (unpaired) electrons. The lowest BCUT2D eigenvalue weighted by molar-refractivity contribution is -0.351. The monoisotopic (exact) mass is 572 g/mol. The van der Waals surface area contributed by atoms with E-state index in [2.05, 4.69) is 0 Å². The van der Waals surface area contributed by atoms with Gasteiger partial charge in [0.2, 0.25) is 0 Å². The van der Waals surface area contributed by atoms with Crippen molar-refractivity contribution in [1.29, 1.82) is 0 Å². The van der Waals surface area contributed by atoms with Crippen molar-refractivity contribution in [2.24, 2.45) is 16.7 Å².